The summed E-state index contributed by atoms with van der Waals surface area (Å²) >= 11 is 0. The van der Waals surface area contributed by atoms with Crippen LogP contribution in [0.3, 0.4) is 0 Å². The Balaban J connectivity index is 0. The summed E-state index contributed by atoms with van der Waals surface area (Å²) in [6, 6.07) is 0. The predicted octanol–water partition coefficient (Wildman–Crippen LogP) is 0.956. The highest BCUT2D eigenvalue weighted by Gasteiger charge is 1.80. The Morgan fingerprint density at radius 3 is 1.44 bits per heavy atom. The zero-order valence-electron chi connectivity index (χ0n) is 6.85. The van der Waals surface area contributed by atoms with E-state index in [1.807, 2.05) is 0 Å². The molecule has 0 saturated heterocycles. The summed E-state index contributed by atoms with van der Waals surface area (Å²) in [4.78, 5) is 0. The average molecular weight is 132 g/mol. The zero-order chi connectivity index (χ0) is 7.70. The van der Waals surface area contributed by atoms with E-state index in [4.69, 9.17) is 11.5 Å². The molecule has 0 aliphatic heterocycles. The Kier molecular flexibility index (Phi) is 14.0. The molecule has 0 radical (unpaired) electrons. The molecule has 0 amide bonds. The zero-order valence-corrected chi connectivity index (χ0v) is 6.85. The fourth-order valence-electron chi connectivity index (χ4n) is 0. The number of hydrogen-bond donors (Lipinski definition) is 2. The molecule has 2 heteroatoms. The molecule has 0 aromatic heterocycles. The SMILES string of the molecule is CC(C)CN.CCCN. The molecule has 2 nitrogen and oxygen atoms in total. The van der Waals surface area contributed by atoms with Crippen molar-refractivity contribution in [2.75, 3.05) is 13.1 Å². The third-order valence-electron chi connectivity index (χ3n) is 0.760. The van der Waals surface area contributed by atoms with Crippen LogP contribution in [-0.2, 0) is 0 Å². The van der Waals surface area contributed by atoms with E-state index in [2.05, 4.69) is 20.8 Å². The number of hydrogen-bond acceptors (Lipinski definition) is 2. The molecule has 0 heterocycles. The summed E-state index contributed by atoms with van der Waals surface area (Å²) in [6.07, 6.45) is 1.10. The van der Waals surface area contributed by atoms with Gasteiger partial charge in [-0.15, -0.1) is 0 Å². The minimum absolute atomic E-state index is 0.662. The molecule has 9 heavy (non-hydrogen) atoms. The molecule has 0 aromatic carbocycles. The van der Waals surface area contributed by atoms with Crippen molar-refractivity contribution in [2.45, 2.75) is 27.2 Å². The van der Waals surface area contributed by atoms with Crippen molar-refractivity contribution in [3.63, 3.8) is 0 Å². The quantitative estimate of drug-likeness (QED) is 0.588. The summed E-state index contributed by atoms with van der Waals surface area (Å²) < 4.78 is 0. The minimum Gasteiger partial charge on any atom is -0.330 e. The van der Waals surface area contributed by atoms with E-state index in [0.29, 0.717) is 5.92 Å². The van der Waals surface area contributed by atoms with E-state index in [-0.39, 0.29) is 0 Å². The maximum absolute atomic E-state index is 5.17. The van der Waals surface area contributed by atoms with Gasteiger partial charge >= 0.3 is 0 Å². The second kappa shape index (κ2) is 10.8. The smallest absolute Gasteiger partial charge is 0.00541 e. The van der Waals surface area contributed by atoms with Crippen molar-refractivity contribution in [3.8, 4) is 0 Å². The Hall–Kier alpha value is -0.0800. The molecular weight excluding hydrogens is 112 g/mol. The van der Waals surface area contributed by atoms with Gasteiger partial charge in [-0.25, -0.2) is 0 Å². The van der Waals surface area contributed by atoms with Gasteiger partial charge in [0.2, 0.25) is 0 Å². The topological polar surface area (TPSA) is 52.0 Å². The first-order valence-corrected chi connectivity index (χ1v) is 3.59. The van der Waals surface area contributed by atoms with Crippen molar-refractivity contribution < 1.29 is 0 Å². The van der Waals surface area contributed by atoms with Crippen LogP contribution in [-0.4, -0.2) is 13.1 Å². The fraction of sp³-hybridized carbons (Fsp3) is 1.00. The largest absolute Gasteiger partial charge is 0.330 e. The molecule has 0 spiro atoms. The number of rotatable bonds is 2. The lowest BCUT2D eigenvalue weighted by atomic mass is 10.2. The van der Waals surface area contributed by atoms with Crippen LogP contribution >= 0.6 is 0 Å². The molecule has 0 atom stereocenters. The van der Waals surface area contributed by atoms with E-state index in [1.165, 1.54) is 0 Å². The molecule has 0 rings (SSSR count). The lowest BCUT2D eigenvalue weighted by Crippen LogP contribution is -2.05. The Morgan fingerprint density at radius 2 is 1.44 bits per heavy atom. The maximum Gasteiger partial charge on any atom is -0.00541 e. The van der Waals surface area contributed by atoms with E-state index in [9.17, 15) is 0 Å². The highest BCUT2D eigenvalue weighted by Crippen LogP contribution is 1.81. The van der Waals surface area contributed by atoms with E-state index in [0.717, 1.165) is 19.5 Å². The summed E-state index contributed by atoms with van der Waals surface area (Å²) in [5.41, 5.74) is 10.2. The van der Waals surface area contributed by atoms with Crippen LogP contribution in [0.4, 0.5) is 0 Å². The lowest BCUT2D eigenvalue weighted by Gasteiger charge is -1.91. The van der Waals surface area contributed by atoms with Gasteiger partial charge in [0, 0.05) is 0 Å². The van der Waals surface area contributed by atoms with Gasteiger partial charge in [0.05, 0.1) is 0 Å². The molecule has 0 saturated carbocycles. The number of nitrogens with two attached hydrogens (primary N) is 2. The molecule has 0 bridgehead atoms. The first-order valence-electron chi connectivity index (χ1n) is 3.59. The van der Waals surface area contributed by atoms with Crippen LogP contribution in [0.1, 0.15) is 27.2 Å². The summed E-state index contributed by atoms with van der Waals surface area (Å²) in [5.74, 6) is 0.662. The van der Waals surface area contributed by atoms with Gasteiger partial charge in [-0.3, -0.25) is 0 Å². The normalized spacial score (nSPS) is 8.67. The summed E-state index contributed by atoms with van der Waals surface area (Å²) in [6.45, 7) is 7.88. The molecule has 0 fully saturated rings. The van der Waals surface area contributed by atoms with Crippen molar-refractivity contribution >= 4 is 0 Å². The highest BCUT2D eigenvalue weighted by molar-refractivity contribution is 4.38. The van der Waals surface area contributed by atoms with Crippen LogP contribution in [0, 0.1) is 5.92 Å². The van der Waals surface area contributed by atoms with Crippen LogP contribution in [0.15, 0.2) is 0 Å². The van der Waals surface area contributed by atoms with Gasteiger partial charge in [0.25, 0.3) is 0 Å². The van der Waals surface area contributed by atoms with Gasteiger partial charge in [-0.2, -0.15) is 0 Å². The molecule has 0 unspecified atom stereocenters. The van der Waals surface area contributed by atoms with E-state index >= 15 is 0 Å². The van der Waals surface area contributed by atoms with Crippen molar-refractivity contribution in [3.05, 3.63) is 0 Å². The Bertz CT molecular complexity index is 33.9. The average Bonchev–Trinajstić information content (AvgIpc) is 1.89. The van der Waals surface area contributed by atoms with Gasteiger partial charge in [0.1, 0.15) is 0 Å². The molecule has 58 valence electrons. The van der Waals surface area contributed by atoms with Crippen molar-refractivity contribution in [1.29, 1.82) is 0 Å². The van der Waals surface area contributed by atoms with Crippen LogP contribution in [0.5, 0.6) is 0 Å². The van der Waals surface area contributed by atoms with Crippen LogP contribution in [0.2, 0.25) is 0 Å². The first-order chi connectivity index (χ1) is 4.18. The van der Waals surface area contributed by atoms with Crippen LogP contribution in [0.25, 0.3) is 0 Å². The Labute approximate surface area is 58.6 Å². The molecule has 0 aromatic rings. The third kappa shape index (κ3) is 32.6. The predicted molar refractivity (Wildman–Crippen MR) is 43.2 cm³/mol. The Morgan fingerprint density at radius 1 is 1.22 bits per heavy atom. The first kappa shape index (κ1) is 11.7. The van der Waals surface area contributed by atoms with Gasteiger partial charge in [0.15, 0.2) is 0 Å². The van der Waals surface area contributed by atoms with Crippen LogP contribution < -0.4 is 11.5 Å². The minimum atomic E-state index is 0.662. The summed E-state index contributed by atoms with van der Waals surface area (Å²) in [5, 5.41) is 0. The van der Waals surface area contributed by atoms with E-state index < -0.39 is 0 Å². The lowest BCUT2D eigenvalue weighted by molar-refractivity contribution is 0.664. The monoisotopic (exact) mass is 132 g/mol. The molecule has 4 N–H and O–H groups in total. The van der Waals surface area contributed by atoms with Crippen molar-refractivity contribution in [1.82, 2.24) is 0 Å². The maximum atomic E-state index is 5.17. The van der Waals surface area contributed by atoms with Gasteiger partial charge in [-0.1, -0.05) is 20.8 Å². The second-order valence-corrected chi connectivity index (χ2v) is 2.42. The molecular formula is C7H20N2. The second-order valence-electron chi connectivity index (χ2n) is 2.42. The van der Waals surface area contributed by atoms with Gasteiger partial charge < -0.3 is 11.5 Å². The molecule has 0 aliphatic carbocycles. The van der Waals surface area contributed by atoms with E-state index in [1.54, 1.807) is 0 Å². The molecule has 0 aliphatic rings. The van der Waals surface area contributed by atoms with Gasteiger partial charge in [-0.05, 0) is 25.4 Å². The summed E-state index contributed by atoms with van der Waals surface area (Å²) in [7, 11) is 0. The standard InChI is InChI=1S/C4H11N.C3H9N/c1-4(2)3-5;1-2-3-4/h4H,3,5H2,1-2H3;2-4H2,1H3. The fourth-order valence-corrected chi connectivity index (χ4v) is 0. The van der Waals surface area contributed by atoms with Crippen molar-refractivity contribution in [2.24, 2.45) is 17.4 Å². The third-order valence-corrected chi connectivity index (χ3v) is 0.760. The highest BCUT2D eigenvalue weighted by atomic mass is 14.5.